The van der Waals surface area contributed by atoms with Gasteiger partial charge in [-0.25, -0.2) is 14.0 Å². The Bertz CT molecular complexity index is 1370. The number of pyridine rings is 1. The van der Waals surface area contributed by atoms with Crippen molar-refractivity contribution in [3.05, 3.63) is 90.2 Å². The lowest BCUT2D eigenvalue weighted by atomic mass is 10.1. The van der Waals surface area contributed by atoms with E-state index in [-0.39, 0.29) is 12.4 Å². The van der Waals surface area contributed by atoms with Gasteiger partial charge in [0.05, 0.1) is 18.7 Å². The number of ether oxygens (including phenoxy) is 2. The van der Waals surface area contributed by atoms with E-state index in [4.69, 9.17) is 21.2 Å². The third-order valence-electron chi connectivity index (χ3n) is 4.90. The molecule has 35 heavy (non-hydrogen) atoms. The fraction of sp³-hybridized carbons (Fsp3) is 0.115. The van der Waals surface area contributed by atoms with E-state index >= 15 is 0 Å². The van der Waals surface area contributed by atoms with Gasteiger partial charge in [0.25, 0.3) is 0 Å². The second kappa shape index (κ2) is 11.0. The average Bonchev–Trinajstić information content (AvgIpc) is 2.86. The number of benzene rings is 3. The number of anilines is 2. The number of carbonyl (C=O) groups excluding carboxylic acids is 1. The molecule has 4 rings (SSSR count). The summed E-state index contributed by atoms with van der Waals surface area (Å²) in [7, 11) is 0. The molecule has 176 valence electrons. The number of rotatable bonds is 8. The van der Waals surface area contributed by atoms with Crippen molar-refractivity contribution >= 4 is 34.0 Å². The van der Waals surface area contributed by atoms with Gasteiger partial charge in [-0.2, -0.15) is 0 Å². The molecule has 0 spiro atoms. The van der Waals surface area contributed by atoms with Gasteiger partial charge in [0.1, 0.15) is 23.1 Å². The number of halogens is 1. The van der Waals surface area contributed by atoms with Crippen LogP contribution >= 0.6 is 0 Å². The highest BCUT2D eigenvalue weighted by atomic mass is 19.1. The summed E-state index contributed by atoms with van der Waals surface area (Å²) in [5.41, 5.74) is 1.93. The predicted molar refractivity (Wildman–Crippen MR) is 131 cm³/mol. The first-order valence-corrected chi connectivity index (χ1v) is 10.7. The van der Waals surface area contributed by atoms with E-state index in [0.717, 1.165) is 0 Å². The van der Waals surface area contributed by atoms with Crippen LogP contribution in [0.3, 0.4) is 0 Å². The van der Waals surface area contributed by atoms with Crippen LogP contribution in [-0.2, 0) is 0 Å². The summed E-state index contributed by atoms with van der Waals surface area (Å²) < 4.78 is 24.6. The molecule has 1 heterocycles. The normalized spacial score (nSPS) is 10.4. The van der Waals surface area contributed by atoms with Crippen LogP contribution in [0.2, 0.25) is 0 Å². The highest BCUT2D eigenvalue weighted by molar-refractivity contribution is 5.99. The number of aliphatic hydroxyl groups is 1. The Morgan fingerprint density at radius 3 is 2.34 bits per heavy atom. The van der Waals surface area contributed by atoms with E-state index in [9.17, 15) is 9.18 Å². The lowest BCUT2D eigenvalue weighted by Crippen LogP contribution is -2.19. The maximum atomic E-state index is 13.0. The van der Waals surface area contributed by atoms with Crippen molar-refractivity contribution in [1.29, 1.82) is 0 Å². The van der Waals surface area contributed by atoms with Gasteiger partial charge >= 0.3 is 6.03 Å². The van der Waals surface area contributed by atoms with Gasteiger partial charge in [0.2, 0.25) is 5.69 Å². The molecule has 0 aliphatic carbocycles. The van der Waals surface area contributed by atoms with Gasteiger partial charge in [-0.1, -0.05) is 0 Å². The van der Waals surface area contributed by atoms with Crippen LogP contribution in [0.1, 0.15) is 6.42 Å². The highest BCUT2D eigenvalue weighted by Crippen LogP contribution is 2.37. The Hall–Kier alpha value is -4.68. The number of carbonyl (C=O) groups is 1. The number of aromatic nitrogens is 1. The fourth-order valence-electron chi connectivity index (χ4n) is 3.24. The summed E-state index contributed by atoms with van der Waals surface area (Å²) in [6.45, 7) is 7.77. The van der Waals surface area contributed by atoms with Crippen LogP contribution in [0.25, 0.3) is 15.7 Å². The first-order valence-electron chi connectivity index (χ1n) is 10.7. The Kier molecular flexibility index (Phi) is 7.35. The molecule has 0 saturated carbocycles. The highest BCUT2D eigenvalue weighted by Gasteiger charge is 2.12. The summed E-state index contributed by atoms with van der Waals surface area (Å²) in [4.78, 5) is 20.0. The van der Waals surface area contributed by atoms with Gasteiger partial charge in [0.15, 0.2) is 0 Å². The van der Waals surface area contributed by atoms with E-state index in [2.05, 4.69) is 20.5 Å². The Morgan fingerprint density at radius 1 is 1.00 bits per heavy atom. The summed E-state index contributed by atoms with van der Waals surface area (Å²) >= 11 is 0. The minimum atomic E-state index is -0.464. The zero-order valence-corrected chi connectivity index (χ0v) is 18.5. The number of nitrogens with zero attached hydrogens (tertiary/aromatic N) is 2. The number of aliphatic hydroxyl groups excluding tert-OH is 1. The molecule has 0 aliphatic heterocycles. The van der Waals surface area contributed by atoms with Gasteiger partial charge < -0.3 is 25.2 Å². The molecule has 1 aromatic heterocycles. The van der Waals surface area contributed by atoms with E-state index in [1.165, 1.54) is 24.3 Å². The number of hydrogen-bond donors (Lipinski definition) is 3. The van der Waals surface area contributed by atoms with Crippen molar-refractivity contribution in [2.24, 2.45) is 0 Å². The van der Waals surface area contributed by atoms with Gasteiger partial charge in [-0.05, 0) is 66.7 Å². The Morgan fingerprint density at radius 2 is 1.69 bits per heavy atom. The molecule has 8 nitrogen and oxygen atoms in total. The van der Waals surface area contributed by atoms with Crippen LogP contribution in [0.4, 0.5) is 26.2 Å². The lowest BCUT2D eigenvalue weighted by Gasteiger charge is -2.12. The van der Waals surface area contributed by atoms with E-state index in [0.29, 0.717) is 58.2 Å². The van der Waals surface area contributed by atoms with Crippen LogP contribution in [0.5, 0.6) is 17.2 Å². The third kappa shape index (κ3) is 6.01. The first kappa shape index (κ1) is 23.5. The zero-order valence-electron chi connectivity index (χ0n) is 18.5. The first-order chi connectivity index (χ1) is 17.1. The van der Waals surface area contributed by atoms with Crippen molar-refractivity contribution in [3.8, 4) is 17.2 Å². The minimum absolute atomic E-state index is 0.00437. The number of urea groups is 1. The largest absolute Gasteiger partial charge is 0.504 e. The van der Waals surface area contributed by atoms with Gasteiger partial charge in [0, 0.05) is 36.0 Å². The standard InChI is InChI=1S/C26H21FN4O4/c1-28-23-15-21-22(16-25(23)34-14-2-13-32)29-12-11-24(21)35-20-9-7-19(8-10-20)31-26(33)30-18-5-3-17(27)4-6-18/h3-12,15-16,32H,2,13-14H2,(H2,30,31,33). The maximum absolute atomic E-state index is 13.0. The summed E-state index contributed by atoms with van der Waals surface area (Å²) in [5.74, 6) is 1.05. The molecule has 3 N–H and O–H groups in total. The van der Waals surface area contributed by atoms with E-state index in [1.807, 2.05) is 0 Å². The van der Waals surface area contributed by atoms with Crippen molar-refractivity contribution in [3.63, 3.8) is 0 Å². The molecule has 0 atom stereocenters. The molecule has 0 radical (unpaired) electrons. The number of fused-ring (bicyclic) bond motifs is 1. The molecular formula is C26H21FN4O4. The lowest BCUT2D eigenvalue weighted by molar-refractivity contribution is 0.234. The second-order valence-corrected chi connectivity index (χ2v) is 7.40. The van der Waals surface area contributed by atoms with Crippen LogP contribution in [0.15, 0.2) is 72.9 Å². The van der Waals surface area contributed by atoms with Gasteiger partial charge in [-0.15, -0.1) is 0 Å². The number of amides is 2. The van der Waals surface area contributed by atoms with Crippen LogP contribution in [-0.4, -0.2) is 29.3 Å². The molecule has 0 unspecified atom stereocenters. The maximum Gasteiger partial charge on any atom is 0.323 e. The van der Waals surface area contributed by atoms with E-state index < -0.39 is 6.03 Å². The summed E-state index contributed by atoms with van der Waals surface area (Å²) in [6, 6.07) is 16.8. The molecule has 4 aromatic rings. The predicted octanol–water partition coefficient (Wildman–Crippen LogP) is 6.12. The third-order valence-corrected chi connectivity index (χ3v) is 4.90. The topological polar surface area (TPSA) is 97.1 Å². The molecule has 0 saturated heterocycles. The zero-order chi connectivity index (χ0) is 24.6. The van der Waals surface area contributed by atoms with Crippen molar-refractivity contribution in [2.45, 2.75) is 6.42 Å². The molecule has 2 amide bonds. The number of nitrogens with one attached hydrogen (secondary N) is 2. The van der Waals surface area contributed by atoms with Crippen molar-refractivity contribution in [1.82, 2.24) is 4.98 Å². The smallest absolute Gasteiger partial charge is 0.323 e. The SMILES string of the molecule is [C-]#[N+]c1cc2c(Oc3ccc(NC(=O)Nc4ccc(F)cc4)cc3)ccnc2cc1OCCCO. The van der Waals surface area contributed by atoms with E-state index in [1.54, 1.807) is 48.7 Å². The molecule has 0 bridgehead atoms. The monoisotopic (exact) mass is 472 g/mol. The van der Waals surface area contributed by atoms with Crippen LogP contribution in [0, 0.1) is 12.4 Å². The van der Waals surface area contributed by atoms with Crippen molar-refractivity contribution in [2.75, 3.05) is 23.8 Å². The summed E-state index contributed by atoms with van der Waals surface area (Å²) in [5, 5.41) is 14.9. The number of hydrogen-bond acceptors (Lipinski definition) is 5. The second-order valence-electron chi connectivity index (χ2n) is 7.40. The van der Waals surface area contributed by atoms with Crippen LogP contribution < -0.4 is 20.1 Å². The van der Waals surface area contributed by atoms with Gasteiger partial charge in [-0.3, -0.25) is 4.98 Å². The molecule has 0 aliphatic rings. The Labute approximate surface area is 200 Å². The summed E-state index contributed by atoms with van der Waals surface area (Å²) in [6.07, 6.45) is 2.06. The molecule has 3 aromatic carbocycles. The quantitative estimate of drug-likeness (QED) is 0.212. The minimum Gasteiger partial charge on any atom is -0.504 e. The average molecular weight is 472 g/mol. The molecule has 0 fully saturated rings. The Balaban J connectivity index is 1.46. The van der Waals surface area contributed by atoms with Crippen molar-refractivity contribution < 1.29 is 23.8 Å². The molecule has 9 heteroatoms. The molecular weight excluding hydrogens is 451 g/mol. The fourth-order valence-corrected chi connectivity index (χ4v) is 3.24.